The van der Waals surface area contributed by atoms with Crippen LogP contribution in [-0.4, -0.2) is 9.55 Å². The Hall–Kier alpha value is -0.870. The maximum atomic E-state index is 5.33. The summed E-state index contributed by atoms with van der Waals surface area (Å²) < 4.78 is 4.06. The third-order valence-corrected chi connectivity index (χ3v) is 3.89. The van der Waals surface area contributed by atoms with E-state index < -0.39 is 0 Å². The number of rotatable bonds is 3. The van der Waals surface area contributed by atoms with Gasteiger partial charge in [0.2, 0.25) is 0 Å². The first kappa shape index (κ1) is 12.6. The Bertz CT molecular complexity index is 569. The molecular weight excluding hydrogens is 296 g/mol. The molecule has 0 aliphatic rings. The second-order valence-electron chi connectivity index (χ2n) is 4.35. The Kier molecular flexibility index (Phi) is 3.84. The summed E-state index contributed by atoms with van der Waals surface area (Å²) in [5.74, 6) is 0.463. The van der Waals surface area contributed by atoms with Crippen molar-refractivity contribution in [3.63, 3.8) is 0 Å². The zero-order valence-corrected chi connectivity index (χ0v) is 12.3. The molecule has 1 heterocycles. The van der Waals surface area contributed by atoms with Crippen molar-refractivity contribution in [2.24, 2.45) is 0 Å². The van der Waals surface area contributed by atoms with Crippen LogP contribution in [0.1, 0.15) is 31.0 Å². The van der Waals surface area contributed by atoms with Crippen molar-refractivity contribution >= 4 is 28.1 Å². The Morgan fingerprint density at radius 2 is 2.06 bits per heavy atom. The van der Waals surface area contributed by atoms with Gasteiger partial charge in [-0.2, -0.15) is 0 Å². The minimum atomic E-state index is 0.463. The molecule has 0 fully saturated rings. The van der Waals surface area contributed by atoms with Crippen molar-refractivity contribution in [1.82, 2.24) is 9.55 Å². The second-order valence-corrected chi connectivity index (χ2v) is 5.59. The van der Waals surface area contributed by atoms with Gasteiger partial charge in [0.15, 0.2) is 4.77 Å². The number of aromatic amines is 1. The SMILES string of the molecule is CC(C)c1c[nH]c(=S)n1Cc1ccccc1Br. The van der Waals surface area contributed by atoms with Crippen molar-refractivity contribution in [1.29, 1.82) is 0 Å². The molecule has 0 saturated carbocycles. The summed E-state index contributed by atoms with van der Waals surface area (Å²) in [7, 11) is 0. The first-order valence-corrected chi connectivity index (χ1v) is 6.81. The molecule has 0 radical (unpaired) electrons. The lowest BCUT2D eigenvalue weighted by atomic mass is 10.1. The van der Waals surface area contributed by atoms with Crippen LogP contribution in [0.25, 0.3) is 0 Å². The Morgan fingerprint density at radius 1 is 1.35 bits per heavy atom. The predicted octanol–water partition coefficient (Wildman–Crippen LogP) is 4.48. The molecule has 0 aliphatic heterocycles. The molecule has 1 aromatic carbocycles. The van der Waals surface area contributed by atoms with Crippen LogP contribution in [0.3, 0.4) is 0 Å². The maximum absolute atomic E-state index is 5.33. The molecule has 2 rings (SSSR count). The van der Waals surface area contributed by atoms with Gasteiger partial charge in [-0.25, -0.2) is 0 Å². The zero-order valence-electron chi connectivity index (χ0n) is 9.90. The summed E-state index contributed by atoms with van der Waals surface area (Å²) in [6, 6.07) is 8.24. The van der Waals surface area contributed by atoms with Crippen LogP contribution in [0.15, 0.2) is 34.9 Å². The Balaban J connectivity index is 2.40. The highest BCUT2D eigenvalue weighted by Gasteiger charge is 2.09. The highest BCUT2D eigenvalue weighted by molar-refractivity contribution is 9.10. The molecule has 0 spiro atoms. The molecule has 2 aromatic rings. The van der Waals surface area contributed by atoms with Gasteiger partial charge in [0.25, 0.3) is 0 Å². The normalized spacial score (nSPS) is 11.1. The molecule has 4 heteroatoms. The van der Waals surface area contributed by atoms with E-state index in [1.54, 1.807) is 0 Å². The van der Waals surface area contributed by atoms with Gasteiger partial charge in [-0.05, 0) is 29.8 Å². The molecule has 0 aliphatic carbocycles. The predicted molar refractivity (Wildman–Crippen MR) is 76.9 cm³/mol. The largest absolute Gasteiger partial charge is 0.337 e. The van der Waals surface area contributed by atoms with Crippen molar-refractivity contribution in [3.05, 3.63) is 51.0 Å². The molecule has 2 nitrogen and oxygen atoms in total. The number of nitrogens with zero attached hydrogens (tertiary/aromatic N) is 1. The standard InChI is InChI=1S/C13H15BrN2S/c1-9(2)12-7-15-13(17)16(12)8-10-5-3-4-6-11(10)14/h3-7,9H,8H2,1-2H3,(H,15,17). The van der Waals surface area contributed by atoms with Crippen LogP contribution in [-0.2, 0) is 6.54 Å². The summed E-state index contributed by atoms with van der Waals surface area (Å²) in [6.45, 7) is 5.15. The fraction of sp³-hybridized carbons (Fsp3) is 0.308. The molecule has 0 amide bonds. The fourth-order valence-electron chi connectivity index (χ4n) is 1.85. The summed E-state index contributed by atoms with van der Waals surface area (Å²) in [5.41, 5.74) is 2.48. The van der Waals surface area contributed by atoms with Gasteiger partial charge < -0.3 is 9.55 Å². The summed E-state index contributed by atoms with van der Waals surface area (Å²) in [4.78, 5) is 3.12. The number of halogens is 1. The van der Waals surface area contributed by atoms with E-state index in [2.05, 4.69) is 51.5 Å². The highest BCUT2D eigenvalue weighted by Crippen LogP contribution is 2.20. The lowest BCUT2D eigenvalue weighted by Gasteiger charge is -2.12. The molecule has 0 saturated heterocycles. The van der Waals surface area contributed by atoms with E-state index in [-0.39, 0.29) is 0 Å². The van der Waals surface area contributed by atoms with Gasteiger partial charge in [0.1, 0.15) is 0 Å². The van der Waals surface area contributed by atoms with Gasteiger partial charge in [-0.15, -0.1) is 0 Å². The minimum absolute atomic E-state index is 0.463. The minimum Gasteiger partial charge on any atom is -0.337 e. The van der Waals surface area contributed by atoms with Gasteiger partial charge in [-0.3, -0.25) is 0 Å². The molecule has 1 N–H and O–H groups in total. The van der Waals surface area contributed by atoms with E-state index in [4.69, 9.17) is 12.2 Å². The van der Waals surface area contributed by atoms with Crippen LogP contribution < -0.4 is 0 Å². The summed E-state index contributed by atoms with van der Waals surface area (Å²) in [5, 5.41) is 0. The monoisotopic (exact) mass is 310 g/mol. The molecule has 1 aromatic heterocycles. The number of aromatic nitrogens is 2. The lowest BCUT2D eigenvalue weighted by molar-refractivity contribution is 0.683. The van der Waals surface area contributed by atoms with Crippen LogP contribution in [0.4, 0.5) is 0 Å². The highest BCUT2D eigenvalue weighted by atomic mass is 79.9. The van der Waals surface area contributed by atoms with Crippen molar-refractivity contribution < 1.29 is 0 Å². The Morgan fingerprint density at radius 3 is 2.71 bits per heavy atom. The Labute approximate surface area is 115 Å². The van der Waals surface area contributed by atoms with Gasteiger partial charge in [0, 0.05) is 16.4 Å². The molecule has 0 unspecified atom stereocenters. The molecule has 90 valence electrons. The van der Waals surface area contributed by atoms with Crippen LogP contribution in [0.5, 0.6) is 0 Å². The van der Waals surface area contributed by atoms with Crippen molar-refractivity contribution in [3.8, 4) is 0 Å². The number of hydrogen-bond acceptors (Lipinski definition) is 1. The first-order valence-electron chi connectivity index (χ1n) is 5.61. The van der Waals surface area contributed by atoms with E-state index in [0.717, 1.165) is 15.8 Å². The molecule has 17 heavy (non-hydrogen) atoms. The molecule has 0 bridgehead atoms. The smallest absolute Gasteiger partial charge is 0.177 e. The zero-order chi connectivity index (χ0) is 12.4. The van der Waals surface area contributed by atoms with E-state index >= 15 is 0 Å². The number of nitrogens with one attached hydrogen (secondary N) is 1. The van der Waals surface area contributed by atoms with Crippen LogP contribution >= 0.6 is 28.1 Å². The number of hydrogen-bond donors (Lipinski definition) is 1. The van der Waals surface area contributed by atoms with E-state index in [9.17, 15) is 0 Å². The van der Waals surface area contributed by atoms with Gasteiger partial charge in [0.05, 0.1) is 6.54 Å². The average Bonchev–Trinajstić information content (AvgIpc) is 2.64. The van der Waals surface area contributed by atoms with E-state index in [1.807, 2.05) is 18.3 Å². The van der Waals surface area contributed by atoms with Crippen LogP contribution in [0, 0.1) is 4.77 Å². The summed E-state index contributed by atoms with van der Waals surface area (Å²) >= 11 is 8.90. The quantitative estimate of drug-likeness (QED) is 0.829. The third kappa shape index (κ3) is 2.69. The second kappa shape index (κ2) is 5.19. The molecule has 0 atom stereocenters. The average molecular weight is 311 g/mol. The maximum Gasteiger partial charge on any atom is 0.177 e. The van der Waals surface area contributed by atoms with E-state index in [0.29, 0.717) is 5.92 Å². The van der Waals surface area contributed by atoms with Crippen LogP contribution in [0.2, 0.25) is 0 Å². The number of H-pyrrole nitrogens is 1. The van der Waals surface area contributed by atoms with E-state index in [1.165, 1.54) is 11.3 Å². The topological polar surface area (TPSA) is 20.7 Å². The van der Waals surface area contributed by atoms with Gasteiger partial charge >= 0.3 is 0 Å². The third-order valence-electron chi connectivity index (χ3n) is 2.78. The van der Waals surface area contributed by atoms with Crippen molar-refractivity contribution in [2.75, 3.05) is 0 Å². The first-order chi connectivity index (χ1) is 8.09. The van der Waals surface area contributed by atoms with Gasteiger partial charge in [-0.1, -0.05) is 48.0 Å². The lowest BCUT2D eigenvalue weighted by Crippen LogP contribution is -2.06. The number of benzene rings is 1. The molecular formula is C13H15BrN2S. The summed E-state index contributed by atoms with van der Waals surface area (Å²) in [6.07, 6.45) is 2.00. The number of imidazole rings is 1. The van der Waals surface area contributed by atoms with Crippen molar-refractivity contribution in [2.45, 2.75) is 26.3 Å². The fourth-order valence-corrected chi connectivity index (χ4v) is 2.49.